The summed E-state index contributed by atoms with van der Waals surface area (Å²) in [6, 6.07) is 5.88. The lowest BCUT2D eigenvalue weighted by atomic mass is 10.0. The van der Waals surface area contributed by atoms with E-state index in [1.807, 2.05) is 12.1 Å². The molecule has 2 aliphatic heterocycles. The number of carbonyl (C=O) groups excluding carboxylic acids is 3. The van der Waals surface area contributed by atoms with Gasteiger partial charge in [-0.2, -0.15) is 0 Å². The van der Waals surface area contributed by atoms with E-state index in [-0.39, 0.29) is 24.1 Å². The first-order valence-electron chi connectivity index (χ1n) is 11.8. The third-order valence-corrected chi connectivity index (χ3v) is 7.63. The van der Waals surface area contributed by atoms with E-state index < -0.39 is 6.04 Å². The number of piperidine rings is 1. The summed E-state index contributed by atoms with van der Waals surface area (Å²) in [6.07, 6.45) is 7.94. The number of nitrogens with one attached hydrogen (secondary N) is 1. The van der Waals surface area contributed by atoms with Gasteiger partial charge in [-0.1, -0.05) is 18.9 Å². The van der Waals surface area contributed by atoms with Crippen LogP contribution in [0.5, 0.6) is 0 Å². The summed E-state index contributed by atoms with van der Waals surface area (Å²) >= 11 is 0. The number of rotatable bonds is 7. The molecule has 7 nitrogen and oxygen atoms in total. The predicted octanol–water partition coefficient (Wildman–Crippen LogP) is 2.18. The molecule has 5 rings (SSSR count). The smallest absolute Gasteiger partial charge is 0.255 e. The number of hydrogen-bond donors (Lipinski definition) is 2. The van der Waals surface area contributed by atoms with Crippen molar-refractivity contribution in [2.75, 3.05) is 18.0 Å². The van der Waals surface area contributed by atoms with Crippen molar-refractivity contribution in [3.8, 4) is 0 Å². The van der Waals surface area contributed by atoms with Crippen LogP contribution in [0.2, 0.25) is 0 Å². The SMILES string of the molecule is NC[C@H]1CC[C@@H](N(CCC2CC2)c2cccc3c2CN(C2CCC(=O)NC2=O)C3=O)C1. The number of fused-ring (bicyclic) bond motifs is 1. The third kappa shape index (κ3) is 3.95. The summed E-state index contributed by atoms with van der Waals surface area (Å²) in [6.45, 7) is 2.18. The summed E-state index contributed by atoms with van der Waals surface area (Å²) in [5.41, 5.74) is 8.84. The van der Waals surface area contributed by atoms with Crippen molar-refractivity contribution in [3.05, 3.63) is 29.3 Å². The lowest BCUT2D eigenvalue weighted by Crippen LogP contribution is -2.52. The monoisotopic (exact) mass is 424 g/mol. The fourth-order valence-corrected chi connectivity index (χ4v) is 5.61. The number of imide groups is 1. The first-order valence-corrected chi connectivity index (χ1v) is 11.8. The molecule has 1 unspecified atom stereocenters. The predicted molar refractivity (Wildman–Crippen MR) is 117 cm³/mol. The van der Waals surface area contributed by atoms with Crippen molar-refractivity contribution in [3.63, 3.8) is 0 Å². The van der Waals surface area contributed by atoms with Gasteiger partial charge in [-0.3, -0.25) is 19.7 Å². The highest BCUT2D eigenvalue weighted by Crippen LogP contribution is 2.40. The summed E-state index contributed by atoms with van der Waals surface area (Å²) in [5.74, 6) is 0.707. The van der Waals surface area contributed by atoms with Crippen LogP contribution < -0.4 is 16.0 Å². The lowest BCUT2D eigenvalue weighted by Gasteiger charge is -2.33. The molecule has 0 aromatic heterocycles. The molecule has 166 valence electrons. The Morgan fingerprint density at radius 2 is 1.87 bits per heavy atom. The molecule has 3 fully saturated rings. The van der Waals surface area contributed by atoms with Crippen molar-refractivity contribution in [1.29, 1.82) is 0 Å². The quantitative estimate of drug-likeness (QED) is 0.654. The summed E-state index contributed by atoms with van der Waals surface area (Å²) < 4.78 is 0. The Bertz CT molecular complexity index is 897. The highest BCUT2D eigenvalue weighted by atomic mass is 16.2. The van der Waals surface area contributed by atoms with Gasteiger partial charge in [0.1, 0.15) is 6.04 Å². The number of nitrogens with zero attached hydrogens (tertiary/aromatic N) is 2. The van der Waals surface area contributed by atoms with Crippen molar-refractivity contribution in [2.24, 2.45) is 17.6 Å². The van der Waals surface area contributed by atoms with E-state index in [9.17, 15) is 14.4 Å². The Labute approximate surface area is 183 Å². The average Bonchev–Trinajstić information content (AvgIpc) is 3.36. The van der Waals surface area contributed by atoms with Crippen molar-refractivity contribution in [2.45, 2.75) is 70.0 Å². The van der Waals surface area contributed by atoms with E-state index in [4.69, 9.17) is 5.73 Å². The second-order valence-corrected chi connectivity index (χ2v) is 9.70. The number of anilines is 1. The van der Waals surface area contributed by atoms with Crippen LogP contribution in [-0.2, 0) is 16.1 Å². The average molecular weight is 425 g/mol. The van der Waals surface area contributed by atoms with E-state index in [0.717, 1.165) is 49.5 Å². The number of nitrogens with two attached hydrogens (primary N) is 1. The van der Waals surface area contributed by atoms with E-state index >= 15 is 0 Å². The van der Waals surface area contributed by atoms with Crippen LogP contribution in [0, 0.1) is 11.8 Å². The lowest BCUT2D eigenvalue weighted by molar-refractivity contribution is -0.136. The van der Waals surface area contributed by atoms with Gasteiger partial charge >= 0.3 is 0 Å². The molecule has 0 radical (unpaired) electrons. The molecule has 0 bridgehead atoms. The molecule has 1 aromatic rings. The highest BCUT2D eigenvalue weighted by molar-refractivity contribution is 6.06. The van der Waals surface area contributed by atoms with Crippen LogP contribution in [-0.4, -0.2) is 47.8 Å². The van der Waals surface area contributed by atoms with Crippen LogP contribution in [0.25, 0.3) is 0 Å². The minimum Gasteiger partial charge on any atom is -0.368 e. The Morgan fingerprint density at radius 1 is 1.06 bits per heavy atom. The van der Waals surface area contributed by atoms with Gasteiger partial charge in [-0.15, -0.1) is 0 Å². The van der Waals surface area contributed by atoms with Gasteiger partial charge in [-0.05, 0) is 62.6 Å². The van der Waals surface area contributed by atoms with Crippen molar-refractivity contribution >= 4 is 23.4 Å². The van der Waals surface area contributed by atoms with Crippen LogP contribution in [0.3, 0.4) is 0 Å². The van der Waals surface area contributed by atoms with Crippen LogP contribution in [0.4, 0.5) is 5.69 Å². The molecule has 4 aliphatic rings. The van der Waals surface area contributed by atoms with E-state index in [1.54, 1.807) is 4.90 Å². The van der Waals surface area contributed by atoms with Crippen LogP contribution in [0.15, 0.2) is 18.2 Å². The molecule has 3 amide bonds. The maximum absolute atomic E-state index is 13.2. The summed E-state index contributed by atoms with van der Waals surface area (Å²) in [7, 11) is 0. The zero-order valence-electron chi connectivity index (χ0n) is 18.0. The van der Waals surface area contributed by atoms with E-state index in [0.29, 0.717) is 30.5 Å². The maximum Gasteiger partial charge on any atom is 0.255 e. The summed E-state index contributed by atoms with van der Waals surface area (Å²) in [4.78, 5) is 41.4. The number of amides is 3. The molecule has 2 saturated carbocycles. The van der Waals surface area contributed by atoms with Gasteiger partial charge in [0.15, 0.2) is 0 Å². The normalized spacial score (nSPS) is 28.1. The van der Waals surface area contributed by atoms with Gasteiger partial charge < -0.3 is 15.5 Å². The molecular formula is C24H32N4O3. The van der Waals surface area contributed by atoms with Gasteiger partial charge in [0.2, 0.25) is 11.8 Å². The molecule has 3 atom stereocenters. The fraction of sp³-hybridized carbons (Fsp3) is 0.625. The largest absolute Gasteiger partial charge is 0.368 e. The van der Waals surface area contributed by atoms with Crippen LogP contribution >= 0.6 is 0 Å². The second kappa shape index (κ2) is 8.26. The fourth-order valence-electron chi connectivity index (χ4n) is 5.61. The van der Waals surface area contributed by atoms with E-state index in [1.165, 1.54) is 19.3 Å². The molecule has 0 spiro atoms. The highest BCUT2D eigenvalue weighted by Gasteiger charge is 2.41. The van der Waals surface area contributed by atoms with Gasteiger partial charge in [-0.25, -0.2) is 0 Å². The number of hydrogen-bond acceptors (Lipinski definition) is 5. The topological polar surface area (TPSA) is 95.7 Å². The zero-order chi connectivity index (χ0) is 21.5. The first-order chi connectivity index (χ1) is 15.0. The van der Waals surface area contributed by atoms with Gasteiger partial charge in [0.05, 0.1) is 0 Å². The Morgan fingerprint density at radius 3 is 2.58 bits per heavy atom. The molecule has 2 aliphatic carbocycles. The maximum atomic E-state index is 13.2. The molecule has 31 heavy (non-hydrogen) atoms. The minimum absolute atomic E-state index is 0.0975. The zero-order valence-corrected chi connectivity index (χ0v) is 18.0. The second-order valence-electron chi connectivity index (χ2n) is 9.70. The Kier molecular flexibility index (Phi) is 5.46. The molecule has 2 heterocycles. The Hall–Kier alpha value is -2.41. The van der Waals surface area contributed by atoms with Gasteiger partial charge in [0, 0.05) is 42.4 Å². The number of carbonyl (C=O) groups is 3. The van der Waals surface area contributed by atoms with Crippen molar-refractivity contribution in [1.82, 2.24) is 10.2 Å². The minimum atomic E-state index is -0.571. The van der Waals surface area contributed by atoms with E-state index in [2.05, 4.69) is 16.3 Å². The standard InChI is InChI=1S/C24H32N4O3/c25-13-16-6-7-17(12-16)27(11-10-15-4-5-15)20-3-1-2-18-19(20)14-28(24(18)31)21-8-9-22(29)26-23(21)30/h1-3,15-17,21H,4-14,25H2,(H,26,29,30)/t16-,17+,21?/m0/s1. The Balaban J connectivity index is 1.42. The van der Waals surface area contributed by atoms with Crippen LogP contribution in [0.1, 0.15) is 67.3 Å². The first kappa shape index (κ1) is 20.5. The van der Waals surface area contributed by atoms with Gasteiger partial charge in [0.25, 0.3) is 5.91 Å². The third-order valence-electron chi connectivity index (χ3n) is 7.63. The molecule has 7 heteroatoms. The molecular weight excluding hydrogens is 392 g/mol. The molecule has 1 saturated heterocycles. The molecule has 1 aromatic carbocycles. The summed E-state index contributed by atoms with van der Waals surface area (Å²) in [5, 5.41) is 2.39. The molecule has 3 N–H and O–H groups in total. The van der Waals surface area contributed by atoms with Crippen molar-refractivity contribution < 1.29 is 14.4 Å². The number of benzene rings is 1.